The van der Waals surface area contributed by atoms with Gasteiger partial charge in [-0.3, -0.25) is 0 Å². The fraction of sp³-hybridized carbons (Fsp3) is 0.579. The van der Waals surface area contributed by atoms with Crippen molar-refractivity contribution in [1.29, 1.82) is 0 Å². The maximum absolute atomic E-state index is 13.2. The number of hydrogen-bond donors (Lipinski definition) is 1. The largest absolute Gasteiger partial charge is 0.489 e. The van der Waals surface area contributed by atoms with E-state index in [9.17, 15) is 8.78 Å². The molecule has 1 aliphatic carbocycles. The molecule has 1 atom stereocenters. The summed E-state index contributed by atoms with van der Waals surface area (Å²) in [4.78, 5) is 0. The predicted molar refractivity (Wildman–Crippen MR) is 89.5 cm³/mol. The molecular formula is C19H25F2NO2. The van der Waals surface area contributed by atoms with Crippen LogP contribution in [0.4, 0.5) is 8.78 Å². The number of ether oxygens (including phenoxy) is 2. The van der Waals surface area contributed by atoms with Crippen LogP contribution in [0.5, 0.6) is 11.5 Å². The van der Waals surface area contributed by atoms with E-state index in [4.69, 9.17) is 15.2 Å². The highest BCUT2D eigenvalue weighted by Gasteiger charge is 2.35. The van der Waals surface area contributed by atoms with Gasteiger partial charge in [0.1, 0.15) is 0 Å². The smallest absolute Gasteiger partial charge is 0.248 e. The Labute approximate surface area is 141 Å². The molecule has 0 aromatic heterocycles. The van der Waals surface area contributed by atoms with Gasteiger partial charge < -0.3 is 15.2 Å². The molecule has 0 amide bonds. The number of rotatable bonds is 5. The summed E-state index contributed by atoms with van der Waals surface area (Å²) in [6, 6.07) is 5.92. The van der Waals surface area contributed by atoms with E-state index in [2.05, 4.69) is 6.07 Å². The van der Waals surface area contributed by atoms with Crippen molar-refractivity contribution in [3.63, 3.8) is 0 Å². The number of hydrogen-bond acceptors (Lipinski definition) is 3. The molecule has 3 nitrogen and oxygen atoms in total. The van der Waals surface area contributed by atoms with Crippen molar-refractivity contribution < 1.29 is 18.3 Å². The molecule has 2 aliphatic rings. The first-order chi connectivity index (χ1) is 11.6. The Morgan fingerprint density at radius 1 is 1.25 bits per heavy atom. The molecule has 0 saturated heterocycles. The minimum Gasteiger partial charge on any atom is -0.489 e. The van der Waals surface area contributed by atoms with E-state index in [-0.39, 0.29) is 18.8 Å². The summed E-state index contributed by atoms with van der Waals surface area (Å²) in [5.41, 5.74) is 6.55. The Kier molecular flexibility index (Phi) is 5.27. The maximum atomic E-state index is 13.2. The van der Waals surface area contributed by atoms with E-state index >= 15 is 0 Å². The SMILES string of the molecule is NC=CCC1COc2c(cccc2OCC2CCC(F)(F)CC2)C1. The van der Waals surface area contributed by atoms with Crippen LogP contribution < -0.4 is 15.2 Å². The normalized spacial score (nSPS) is 23.7. The van der Waals surface area contributed by atoms with Crippen LogP contribution in [0.3, 0.4) is 0 Å². The van der Waals surface area contributed by atoms with Crippen LogP contribution in [0.2, 0.25) is 0 Å². The molecule has 1 aromatic rings. The van der Waals surface area contributed by atoms with Crippen molar-refractivity contribution >= 4 is 0 Å². The number of nitrogens with two attached hydrogens (primary N) is 1. The lowest BCUT2D eigenvalue weighted by Crippen LogP contribution is -2.27. The third kappa shape index (κ3) is 4.19. The second kappa shape index (κ2) is 7.41. The molecule has 1 unspecified atom stereocenters. The van der Waals surface area contributed by atoms with Crippen LogP contribution in [0.1, 0.15) is 37.7 Å². The summed E-state index contributed by atoms with van der Waals surface area (Å²) < 4.78 is 38.3. The van der Waals surface area contributed by atoms with Gasteiger partial charge in [0.2, 0.25) is 5.92 Å². The Morgan fingerprint density at radius 2 is 2.04 bits per heavy atom. The predicted octanol–water partition coefficient (Wildman–Crippen LogP) is 4.30. The van der Waals surface area contributed by atoms with E-state index < -0.39 is 5.92 Å². The lowest BCUT2D eigenvalue weighted by Gasteiger charge is -2.29. The Morgan fingerprint density at radius 3 is 2.79 bits per heavy atom. The number of allylic oxidation sites excluding steroid dienone is 1. The van der Waals surface area contributed by atoms with E-state index in [1.807, 2.05) is 18.2 Å². The quantitative estimate of drug-likeness (QED) is 0.871. The number of benzene rings is 1. The highest BCUT2D eigenvalue weighted by Crippen LogP contribution is 2.39. The van der Waals surface area contributed by atoms with Crippen LogP contribution in [-0.2, 0) is 6.42 Å². The molecule has 1 saturated carbocycles. The lowest BCUT2D eigenvalue weighted by atomic mass is 9.87. The summed E-state index contributed by atoms with van der Waals surface area (Å²) in [6.07, 6.45) is 6.36. The number of para-hydroxylation sites is 1. The Bertz CT molecular complexity index is 579. The zero-order chi connectivity index (χ0) is 17.0. The molecule has 1 heterocycles. The van der Waals surface area contributed by atoms with Gasteiger partial charge in [-0.1, -0.05) is 18.2 Å². The average Bonchev–Trinajstić information content (AvgIpc) is 2.58. The molecule has 0 bridgehead atoms. The van der Waals surface area contributed by atoms with Gasteiger partial charge in [-0.15, -0.1) is 0 Å². The van der Waals surface area contributed by atoms with Gasteiger partial charge in [0.15, 0.2) is 11.5 Å². The average molecular weight is 337 g/mol. The molecule has 3 rings (SSSR count). The van der Waals surface area contributed by atoms with E-state index in [1.165, 1.54) is 0 Å². The zero-order valence-corrected chi connectivity index (χ0v) is 13.8. The minimum atomic E-state index is -2.49. The van der Waals surface area contributed by atoms with Crippen LogP contribution in [0, 0.1) is 11.8 Å². The Hall–Kier alpha value is -1.78. The van der Waals surface area contributed by atoms with Gasteiger partial charge in [0, 0.05) is 18.8 Å². The van der Waals surface area contributed by atoms with Crippen LogP contribution in [0.25, 0.3) is 0 Å². The fourth-order valence-electron chi connectivity index (χ4n) is 3.47. The first-order valence-electron chi connectivity index (χ1n) is 8.69. The topological polar surface area (TPSA) is 44.5 Å². The monoisotopic (exact) mass is 337 g/mol. The first-order valence-corrected chi connectivity index (χ1v) is 8.69. The maximum Gasteiger partial charge on any atom is 0.248 e. The van der Waals surface area contributed by atoms with Crippen molar-refractivity contribution in [2.24, 2.45) is 17.6 Å². The molecule has 1 fully saturated rings. The first kappa shape index (κ1) is 17.1. The van der Waals surface area contributed by atoms with Crippen LogP contribution >= 0.6 is 0 Å². The zero-order valence-electron chi connectivity index (χ0n) is 13.8. The highest BCUT2D eigenvalue weighted by atomic mass is 19.3. The standard InChI is InChI=1S/C19H25F2NO2/c20-19(21)8-6-14(7-9-19)12-23-17-5-1-4-16-11-15(3-2-10-22)13-24-18(16)17/h1-2,4-5,10,14-15H,3,6-9,11-13,22H2. The second-order valence-electron chi connectivity index (χ2n) is 6.90. The van der Waals surface area contributed by atoms with Crippen molar-refractivity contribution in [3.05, 3.63) is 36.0 Å². The van der Waals surface area contributed by atoms with E-state index in [1.54, 1.807) is 6.20 Å². The molecule has 1 aromatic carbocycles. The van der Waals surface area contributed by atoms with Crippen LogP contribution in [-0.4, -0.2) is 19.1 Å². The summed E-state index contributed by atoms with van der Waals surface area (Å²) >= 11 is 0. The van der Waals surface area contributed by atoms with Crippen LogP contribution in [0.15, 0.2) is 30.5 Å². The van der Waals surface area contributed by atoms with Crippen molar-refractivity contribution in [2.75, 3.05) is 13.2 Å². The fourth-order valence-corrected chi connectivity index (χ4v) is 3.47. The molecule has 132 valence electrons. The third-order valence-electron chi connectivity index (χ3n) is 4.95. The summed E-state index contributed by atoms with van der Waals surface area (Å²) in [5, 5.41) is 0. The molecule has 24 heavy (non-hydrogen) atoms. The molecule has 0 spiro atoms. The molecular weight excluding hydrogens is 312 g/mol. The Balaban J connectivity index is 1.58. The third-order valence-corrected chi connectivity index (χ3v) is 4.95. The molecule has 0 radical (unpaired) electrons. The summed E-state index contributed by atoms with van der Waals surface area (Å²) in [5.74, 6) is -0.317. The van der Waals surface area contributed by atoms with Gasteiger partial charge in [-0.2, -0.15) is 0 Å². The lowest BCUT2D eigenvalue weighted by molar-refractivity contribution is -0.0499. The van der Waals surface area contributed by atoms with Gasteiger partial charge in [0.25, 0.3) is 0 Å². The summed E-state index contributed by atoms with van der Waals surface area (Å²) in [7, 11) is 0. The highest BCUT2D eigenvalue weighted by molar-refractivity contribution is 5.47. The number of alkyl halides is 2. The molecule has 5 heteroatoms. The molecule has 1 aliphatic heterocycles. The minimum absolute atomic E-state index is 0.0270. The molecule has 2 N–H and O–H groups in total. The van der Waals surface area contributed by atoms with E-state index in [0.29, 0.717) is 32.0 Å². The van der Waals surface area contributed by atoms with Gasteiger partial charge >= 0.3 is 0 Å². The van der Waals surface area contributed by atoms with E-state index in [0.717, 1.165) is 29.9 Å². The van der Waals surface area contributed by atoms with Crippen molar-refractivity contribution in [1.82, 2.24) is 0 Å². The summed E-state index contributed by atoms with van der Waals surface area (Å²) in [6.45, 7) is 1.13. The van der Waals surface area contributed by atoms with Crippen molar-refractivity contribution in [2.45, 2.75) is 44.4 Å². The van der Waals surface area contributed by atoms with Crippen molar-refractivity contribution in [3.8, 4) is 11.5 Å². The van der Waals surface area contributed by atoms with Gasteiger partial charge in [-0.25, -0.2) is 8.78 Å². The van der Waals surface area contributed by atoms with Gasteiger partial charge in [-0.05, 0) is 49.4 Å². The van der Waals surface area contributed by atoms with Gasteiger partial charge in [0.05, 0.1) is 13.2 Å². The number of fused-ring (bicyclic) bond motifs is 1. The second-order valence-corrected chi connectivity index (χ2v) is 6.90. The number of halogens is 2.